The van der Waals surface area contributed by atoms with Gasteiger partial charge in [-0.25, -0.2) is 9.97 Å². The summed E-state index contributed by atoms with van der Waals surface area (Å²) in [6.07, 6.45) is 4.52. The van der Waals surface area contributed by atoms with Crippen molar-refractivity contribution in [2.75, 3.05) is 18.4 Å². The molecule has 0 saturated carbocycles. The van der Waals surface area contributed by atoms with E-state index < -0.39 is 0 Å². The molecule has 0 bridgehead atoms. The van der Waals surface area contributed by atoms with Crippen molar-refractivity contribution in [1.29, 1.82) is 0 Å². The zero-order chi connectivity index (χ0) is 22.6. The third-order valence-corrected chi connectivity index (χ3v) is 6.12. The summed E-state index contributed by atoms with van der Waals surface area (Å²) in [5.41, 5.74) is 2.22. The normalized spacial score (nSPS) is 14.2. The molecule has 4 aromatic rings. The first kappa shape index (κ1) is 20.8. The Bertz CT molecular complexity index is 1280. The van der Waals surface area contributed by atoms with Crippen LogP contribution >= 0.6 is 0 Å². The molecule has 0 aliphatic carbocycles. The second kappa shape index (κ2) is 9.20. The number of aromatic nitrogens is 2. The number of benzene rings is 3. The van der Waals surface area contributed by atoms with Gasteiger partial charge in [-0.3, -0.25) is 9.59 Å². The minimum Gasteiger partial charge on any atom is -0.339 e. The van der Waals surface area contributed by atoms with Crippen molar-refractivity contribution >= 4 is 28.3 Å². The maximum absolute atomic E-state index is 13.1. The molecule has 3 aromatic carbocycles. The highest BCUT2D eigenvalue weighted by molar-refractivity contribution is 6.07. The molecular formula is C27H24N4O2. The van der Waals surface area contributed by atoms with Gasteiger partial charge in [-0.05, 0) is 29.7 Å². The van der Waals surface area contributed by atoms with Crippen molar-refractivity contribution in [2.45, 2.75) is 12.8 Å². The van der Waals surface area contributed by atoms with Crippen LogP contribution in [0.25, 0.3) is 22.2 Å². The first-order valence-corrected chi connectivity index (χ1v) is 11.1. The number of likely N-dealkylation sites (tertiary alicyclic amines) is 1. The molecule has 6 nitrogen and oxygen atoms in total. The first-order chi connectivity index (χ1) is 16.2. The minimum atomic E-state index is -0.143. The lowest BCUT2D eigenvalue weighted by molar-refractivity contribution is -0.121. The average molecular weight is 437 g/mol. The molecule has 2 heterocycles. The summed E-state index contributed by atoms with van der Waals surface area (Å²) < 4.78 is 0. The highest BCUT2D eigenvalue weighted by atomic mass is 16.2. The van der Waals surface area contributed by atoms with Gasteiger partial charge < -0.3 is 10.2 Å². The van der Waals surface area contributed by atoms with Gasteiger partial charge in [0, 0.05) is 30.1 Å². The topological polar surface area (TPSA) is 75.2 Å². The number of nitrogens with one attached hydrogen (secondary N) is 1. The van der Waals surface area contributed by atoms with Crippen LogP contribution in [0.4, 0.5) is 5.69 Å². The van der Waals surface area contributed by atoms with Crippen molar-refractivity contribution in [1.82, 2.24) is 14.9 Å². The molecule has 1 aliphatic heterocycles. The molecule has 0 unspecified atom stereocenters. The van der Waals surface area contributed by atoms with Crippen LogP contribution in [0.3, 0.4) is 0 Å². The lowest BCUT2D eigenvalue weighted by Gasteiger charge is -2.31. The Morgan fingerprint density at radius 3 is 2.24 bits per heavy atom. The largest absolute Gasteiger partial charge is 0.339 e. The van der Waals surface area contributed by atoms with Gasteiger partial charge in [-0.15, -0.1) is 0 Å². The van der Waals surface area contributed by atoms with E-state index in [2.05, 4.69) is 15.3 Å². The van der Waals surface area contributed by atoms with E-state index in [0.29, 0.717) is 43.0 Å². The fourth-order valence-electron chi connectivity index (χ4n) is 4.30. The Kier molecular flexibility index (Phi) is 5.81. The van der Waals surface area contributed by atoms with E-state index in [1.54, 1.807) is 12.4 Å². The summed E-state index contributed by atoms with van der Waals surface area (Å²) >= 11 is 0. The Morgan fingerprint density at radius 2 is 1.48 bits per heavy atom. The van der Waals surface area contributed by atoms with Crippen LogP contribution < -0.4 is 5.32 Å². The summed E-state index contributed by atoms with van der Waals surface area (Å²) in [6.45, 7) is 1.12. The highest BCUT2D eigenvalue weighted by Gasteiger charge is 2.28. The lowest BCUT2D eigenvalue weighted by atomic mass is 9.94. The quantitative estimate of drug-likeness (QED) is 0.499. The van der Waals surface area contributed by atoms with Crippen LogP contribution in [0.2, 0.25) is 0 Å². The van der Waals surface area contributed by atoms with Gasteiger partial charge in [-0.2, -0.15) is 0 Å². The summed E-state index contributed by atoms with van der Waals surface area (Å²) in [6, 6.07) is 23.4. The van der Waals surface area contributed by atoms with Crippen molar-refractivity contribution in [3.05, 3.63) is 90.8 Å². The number of piperidine rings is 1. The van der Waals surface area contributed by atoms with Crippen LogP contribution in [0, 0.1) is 5.92 Å². The number of fused-ring (bicyclic) bond motifs is 1. The van der Waals surface area contributed by atoms with E-state index in [1.807, 2.05) is 77.7 Å². The van der Waals surface area contributed by atoms with Gasteiger partial charge in [0.2, 0.25) is 5.91 Å². The molecule has 33 heavy (non-hydrogen) atoms. The van der Waals surface area contributed by atoms with Crippen LogP contribution in [0.5, 0.6) is 0 Å². The van der Waals surface area contributed by atoms with E-state index in [-0.39, 0.29) is 17.7 Å². The van der Waals surface area contributed by atoms with E-state index in [0.717, 1.165) is 16.3 Å². The number of hydrogen-bond donors (Lipinski definition) is 1. The summed E-state index contributed by atoms with van der Waals surface area (Å²) in [5, 5.41) is 4.94. The maximum Gasteiger partial charge on any atom is 0.254 e. The number of anilines is 1. The van der Waals surface area contributed by atoms with E-state index in [1.165, 1.54) is 0 Å². The van der Waals surface area contributed by atoms with Crippen LogP contribution in [-0.4, -0.2) is 39.8 Å². The molecule has 164 valence electrons. The van der Waals surface area contributed by atoms with Gasteiger partial charge in [-0.1, -0.05) is 66.7 Å². The van der Waals surface area contributed by atoms with Crippen LogP contribution in [0.15, 0.2) is 85.2 Å². The zero-order valence-electron chi connectivity index (χ0n) is 18.1. The monoisotopic (exact) mass is 436 g/mol. The Morgan fingerprint density at radius 1 is 0.818 bits per heavy atom. The second-order valence-corrected chi connectivity index (χ2v) is 8.24. The summed E-state index contributed by atoms with van der Waals surface area (Å²) in [7, 11) is 0. The molecule has 0 atom stereocenters. The van der Waals surface area contributed by atoms with Gasteiger partial charge in [0.25, 0.3) is 5.91 Å². The molecule has 0 radical (unpaired) electrons. The van der Waals surface area contributed by atoms with Crippen molar-refractivity contribution in [3.63, 3.8) is 0 Å². The van der Waals surface area contributed by atoms with E-state index in [4.69, 9.17) is 0 Å². The molecule has 1 aliphatic rings. The Labute approximate surface area is 192 Å². The Hall–Kier alpha value is -4.06. The number of hydrogen-bond acceptors (Lipinski definition) is 4. The summed E-state index contributed by atoms with van der Waals surface area (Å²) in [4.78, 5) is 36.5. The van der Waals surface area contributed by atoms with Gasteiger partial charge in [0.15, 0.2) is 5.82 Å². The number of nitrogens with zero attached hydrogens (tertiary/aromatic N) is 3. The predicted molar refractivity (Wildman–Crippen MR) is 129 cm³/mol. The highest BCUT2D eigenvalue weighted by Crippen LogP contribution is 2.24. The van der Waals surface area contributed by atoms with Gasteiger partial charge in [0.1, 0.15) is 0 Å². The van der Waals surface area contributed by atoms with Crippen molar-refractivity contribution in [3.8, 4) is 11.4 Å². The van der Waals surface area contributed by atoms with Crippen molar-refractivity contribution < 1.29 is 9.59 Å². The van der Waals surface area contributed by atoms with Crippen LogP contribution in [-0.2, 0) is 4.79 Å². The average Bonchev–Trinajstić information content (AvgIpc) is 2.89. The smallest absolute Gasteiger partial charge is 0.254 e. The molecule has 0 spiro atoms. The zero-order valence-corrected chi connectivity index (χ0v) is 18.1. The fraction of sp³-hybridized carbons (Fsp3) is 0.185. The van der Waals surface area contributed by atoms with Gasteiger partial charge >= 0.3 is 0 Å². The Balaban J connectivity index is 1.19. The van der Waals surface area contributed by atoms with E-state index in [9.17, 15) is 9.59 Å². The van der Waals surface area contributed by atoms with Crippen LogP contribution in [0.1, 0.15) is 23.2 Å². The third kappa shape index (κ3) is 4.46. The molecule has 5 rings (SSSR count). The molecule has 2 amide bonds. The minimum absolute atomic E-state index is 0.0237. The summed E-state index contributed by atoms with van der Waals surface area (Å²) in [5.74, 6) is 0.447. The number of rotatable bonds is 4. The SMILES string of the molecule is O=C(Nc1cnc(-c2ccccc2)nc1)C1CCN(C(=O)c2cccc3ccccc23)CC1. The number of carbonyl (C=O) groups excluding carboxylic acids is 2. The lowest BCUT2D eigenvalue weighted by Crippen LogP contribution is -2.41. The third-order valence-electron chi connectivity index (χ3n) is 6.12. The molecule has 1 aromatic heterocycles. The standard InChI is InChI=1S/C27H24N4O2/c32-26(30-22-17-28-25(29-18-22)20-8-2-1-3-9-20)21-13-15-31(16-14-21)27(33)24-12-6-10-19-7-4-5-11-23(19)24/h1-12,17-18,21H,13-16H2,(H,30,32). The second-order valence-electron chi connectivity index (χ2n) is 8.24. The van der Waals surface area contributed by atoms with Gasteiger partial charge in [0.05, 0.1) is 18.1 Å². The molecule has 1 saturated heterocycles. The molecule has 6 heteroatoms. The molecular weight excluding hydrogens is 412 g/mol. The molecule has 1 fully saturated rings. The fourth-order valence-corrected chi connectivity index (χ4v) is 4.30. The maximum atomic E-state index is 13.1. The van der Waals surface area contributed by atoms with Crippen molar-refractivity contribution in [2.24, 2.45) is 5.92 Å². The van der Waals surface area contributed by atoms with E-state index >= 15 is 0 Å². The number of amides is 2. The molecule has 1 N–H and O–H groups in total. The first-order valence-electron chi connectivity index (χ1n) is 11.1. The predicted octanol–water partition coefficient (Wildman–Crippen LogP) is 4.79. The number of carbonyl (C=O) groups is 2.